The van der Waals surface area contributed by atoms with E-state index in [1.807, 2.05) is 24.3 Å². The fourth-order valence-corrected chi connectivity index (χ4v) is 6.72. The van der Waals surface area contributed by atoms with Gasteiger partial charge in [0.2, 0.25) is 15.9 Å². The number of carbonyl (C=O) groups excluding carboxylic acids is 2. The number of hydrogen-bond acceptors (Lipinski definition) is 9. The second-order valence-corrected chi connectivity index (χ2v) is 12.9. The molecular weight excluding hydrogens is 638 g/mol. The predicted octanol–water partition coefficient (Wildman–Crippen LogP) is 4.18. The van der Waals surface area contributed by atoms with Gasteiger partial charge in [-0.25, -0.2) is 13.4 Å². The van der Waals surface area contributed by atoms with Gasteiger partial charge in [-0.15, -0.1) is 21.5 Å². The third-order valence-electron chi connectivity index (χ3n) is 5.66. The molecular formula is C25H26BrN7O4S3. The highest BCUT2D eigenvalue weighted by Crippen LogP contribution is 2.24. The molecule has 0 saturated carbocycles. The Morgan fingerprint density at radius 3 is 2.38 bits per heavy atom. The highest BCUT2D eigenvalue weighted by Gasteiger charge is 2.22. The number of thiazole rings is 1. The molecule has 40 heavy (non-hydrogen) atoms. The van der Waals surface area contributed by atoms with Crippen LogP contribution >= 0.6 is 39.0 Å². The maximum absolute atomic E-state index is 12.9. The fourth-order valence-electron chi connectivity index (χ4n) is 3.68. The lowest BCUT2D eigenvalue weighted by atomic mass is 10.2. The van der Waals surface area contributed by atoms with E-state index in [2.05, 4.69) is 41.7 Å². The quantitative estimate of drug-likeness (QED) is 0.215. The van der Waals surface area contributed by atoms with Crippen LogP contribution in [0.3, 0.4) is 0 Å². The fraction of sp³-hybridized carbons (Fsp3) is 0.240. The highest BCUT2D eigenvalue weighted by molar-refractivity contribution is 9.10. The molecule has 0 unspecified atom stereocenters. The van der Waals surface area contributed by atoms with Gasteiger partial charge in [0.25, 0.3) is 5.91 Å². The van der Waals surface area contributed by atoms with E-state index < -0.39 is 15.9 Å². The van der Waals surface area contributed by atoms with Crippen LogP contribution < -0.4 is 10.6 Å². The van der Waals surface area contributed by atoms with Crippen molar-refractivity contribution in [1.82, 2.24) is 29.4 Å². The number of hydrogen-bond donors (Lipinski definition) is 2. The molecule has 210 valence electrons. The van der Waals surface area contributed by atoms with Crippen molar-refractivity contribution < 1.29 is 18.0 Å². The van der Waals surface area contributed by atoms with Crippen LogP contribution in [0, 0.1) is 0 Å². The van der Waals surface area contributed by atoms with Gasteiger partial charge in [-0.3, -0.25) is 14.2 Å². The number of anilines is 1. The molecule has 0 bridgehead atoms. The van der Waals surface area contributed by atoms with Gasteiger partial charge in [0.1, 0.15) is 0 Å². The van der Waals surface area contributed by atoms with Gasteiger partial charge in [0.15, 0.2) is 16.1 Å². The summed E-state index contributed by atoms with van der Waals surface area (Å²) in [6.45, 7) is 4.31. The minimum atomic E-state index is -3.62. The van der Waals surface area contributed by atoms with Crippen molar-refractivity contribution in [3.8, 4) is 5.69 Å². The minimum Gasteiger partial charge on any atom is -0.345 e. The smallest absolute Gasteiger partial charge is 0.251 e. The van der Waals surface area contributed by atoms with E-state index in [1.165, 1.54) is 51.7 Å². The van der Waals surface area contributed by atoms with Gasteiger partial charge in [-0.1, -0.05) is 41.5 Å². The Morgan fingerprint density at radius 1 is 1.05 bits per heavy atom. The van der Waals surface area contributed by atoms with E-state index in [4.69, 9.17) is 0 Å². The number of sulfonamides is 1. The molecule has 0 aliphatic heterocycles. The molecule has 4 aromatic rings. The number of rotatable bonds is 12. The van der Waals surface area contributed by atoms with Crippen molar-refractivity contribution in [3.05, 3.63) is 76.0 Å². The van der Waals surface area contributed by atoms with Crippen molar-refractivity contribution in [3.63, 3.8) is 0 Å². The molecule has 0 aliphatic carbocycles. The minimum absolute atomic E-state index is 0.0489. The second kappa shape index (κ2) is 13.5. The number of benzene rings is 2. The summed E-state index contributed by atoms with van der Waals surface area (Å²) in [5.41, 5.74) is 1.06. The maximum Gasteiger partial charge on any atom is 0.251 e. The number of nitrogens with zero attached hydrogens (tertiary/aromatic N) is 5. The van der Waals surface area contributed by atoms with Crippen LogP contribution in [0.1, 0.15) is 30.0 Å². The average molecular weight is 665 g/mol. The molecule has 2 aromatic carbocycles. The van der Waals surface area contributed by atoms with Crippen LogP contribution in [-0.4, -0.2) is 63.1 Å². The van der Waals surface area contributed by atoms with E-state index in [0.29, 0.717) is 34.8 Å². The Balaban J connectivity index is 1.48. The molecule has 0 radical (unpaired) electrons. The zero-order valence-corrected chi connectivity index (χ0v) is 25.6. The molecule has 0 atom stereocenters. The van der Waals surface area contributed by atoms with Crippen molar-refractivity contribution in [1.29, 1.82) is 0 Å². The molecule has 0 fully saturated rings. The first-order valence-corrected chi connectivity index (χ1v) is 16.2. The molecule has 0 saturated heterocycles. The summed E-state index contributed by atoms with van der Waals surface area (Å²) in [6.07, 6.45) is 1.61. The van der Waals surface area contributed by atoms with Gasteiger partial charge < -0.3 is 10.6 Å². The lowest BCUT2D eigenvalue weighted by Gasteiger charge is -2.18. The zero-order chi connectivity index (χ0) is 28.7. The molecule has 2 aromatic heterocycles. The van der Waals surface area contributed by atoms with Crippen LogP contribution in [-0.2, 0) is 21.4 Å². The van der Waals surface area contributed by atoms with Gasteiger partial charge in [0.05, 0.1) is 17.2 Å². The summed E-state index contributed by atoms with van der Waals surface area (Å²) in [5, 5.41) is 16.8. The normalized spacial score (nSPS) is 11.5. The van der Waals surface area contributed by atoms with E-state index in [-0.39, 0.29) is 23.1 Å². The summed E-state index contributed by atoms with van der Waals surface area (Å²) in [7, 11) is -3.62. The van der Waals surface area contributed by atoms with E-state index in [9.17, 15) is 18.0 Å². The van der Waals surface area contributed by atoms with Crippen LogP contribution in [0.15, 0.2) is 74.6 Å². The second-order valence-electron chi connectivity index (χ2n) is 8.18. The highest BCUT2D eigenvalue weighted by atomic mass is 79.9. The molecule has 2 heterocycles. The maximum atomic E-state index is 12.9. The Kier molecular flexibility index (Phi) is 10.1. The molecule has 2 N–H and O–H groups in total. The summed E-state index contributed by atoms with van der Waals surface area (Å²) in [5.74, 6) is -0.0800. The Hall–Kier alpha value is -3.11. The van der Waals surface area contributed by atoms with Crippen molar-refractivity contribution in [2.75, 3.05) is 24.2 Å². The van der Waals surface area contributed by atoms with Crippen LogP contribution in [0.25, 0.3) is 5.69 Å². The number of nitrogens with one attached hydrogen (secondary N) is 2. The van der Waals surface area contributed by atoms with E-state index >= 15 is 0 Å². The number of aromatic nitrogens is 4. The lowest BCUT2D eigenvalue weighted by Crippen LogP contribution is -2.30. The van der Waals surface area contributed by atoms with E-state index in [0.717, 1.165) is 10.2 Å². The topological polar surface area (TPSA) is 139 Å². The first-order chi connectivity index (χ1) is 19.2. The van der Waals surface area contributed by atoms with Gasteiger partial charge >= 0.3 is 0 Å². The van der Waals surface area contributed by atoms with Gasteiger partial charge in [0, 0.05) is 40.4 Å². The van der Waals surface area contributed by atoms with Crippen LogP contribution in [0.5, 0.6) is 0 Å². The summed E-state index contributed by atoms with van der Waals surface area (Å²) in [6, 6.07) is 13.3. The SMILES string of the molecule is CCN(CC)S(=O)(=O)c1ccc(C(=O)NCc2nnc(SCC(=O)Nc3nccs3)n2-c2ccc(Br)cc2)cc1. The summed E-state index contributed by atoms with van der Waals surface area (Å²) >= 11 is 5.97. The predicted molar refractivity (Wildman–Crippen MR) is 158 cm³/mol. The van der Waals surface area contributed by atoms with Crippen LogP contribution in [0.2, 0.25) is 0 Å². The van der Waals surface area contributed by atoms with Gasteiger partial charge in [-0.05, 0) is 48.5 Å². The van der Waals surface area contributed by atoms with Gasteiger partial charge in [-0.2, -0.15) is 4.31 Å². The molecule has 11 nitrogen and oxygen atoms in total. The first-order valence-electron chi connectivity index (χ1n) is 12.1. The third kappa shape index (κ3) is 7.14. The van der Waals surface area contributed by atoms with Crippen molar-refractivity contribution in [2.45, 2.75) is 30.4 Å². The number of thioether (sulfide) groups is 1. The first kappa shape index (κ1) is 29.9. The molecule has 0 spiro atoms. The zero-order valence-electron chi connectivity index (χ0n) is 21.6. The Labute approximate surface area is 248 Å². The van der Waals surface area contributed by atoms with Crippen LogP contribution in [0.4, 0.5) is 5.13 Å². The molecule has 2 amide bonds. The monoisotopic (exact) mass is 663 g/mol. The molecule has 4 rings (SSSR count). The Bertz CT molecular complexity index is 1550. The number of amides is 2. The summed E-state index contributed by atoms with van der Waals surface area (Å²) in [4.78, 5) is 29.5. The van der Waals surface area contributed by atoms with E-state index in [1.54, 1.807) is 30.0 Å². The average Bonchev–Trinajstić information content (AvgIpc) is 3.61. The number of halogens is 1. The number of carbonyl (C=O) groups is 2. The standard InChI is InChI=1S/C25H26BrN7O4S3/c1-3-32(4-2)40(36,37)20-11-5-17(6-12-20)23(35)28-15-21-30-31-25(33(21)19-9-7-18(26)8-10-19)39-16-22(34)29-24-27-13-14-38-24/h5-14H,3-4,15-16H2,1-2H3,(H,28,35)(H,27,29,34). The molecule has 15 heteroatoms. The van der Waals surface area contributed by atoms with Crippen molar-refractivity contribution in [2.24, 2.45) is 0 Å². The van der Waals surface area contributed by atoms with Crippen molar-refractivity contribution >= 4 is 66.0 Å². The third-order valence-corrected chi connectivity index (χ3v) is 9.87. The summed E-state index contributed by atoms with van der Waals surface area (Å²) < 4.78 is 29.5. The lowest BCUT2D eigenvalue weighted by molar-refractivity contribution is -0.113. The largest absolute Gasteiger partial charge is 0.345 e. The Morgan fingerprint density at radius 2 is 1.75 bits per heavy atom. The molecule has 0 aliphatic rings.